The van der Waals surface area contributed by atoms with Gasteiger partial charge in [-0.25, -0.2) is 0 Å². The molecule has 0 saturated carbocycles. The number of hydrogen-bond donors (Lipinski definition) is 0. The van der Waals surface area contributed by atoms with Crippen molar-refractivity contribution in [3.63, 3.8) is 0 Å². The van der Waals surface area contributed by atoms with Crippen LogP contribution in [-0.2, 0) is 0 Å². The van der Waals surface area contributed by atoms with Gasteiger partial charge in [-0.15, -0.1) is 11.8 Å². The van der Waals surface area contributed by atoms with Gasteiger partial charge in [0.1, 0.15) is 5.75 Å². The molecule has 0 fully saturated rings. The Hall–Kier alpha value is -1.15. The molecule has 0 atom stereocenters. The fourth-order valence-electron chi connectivity index (χ4n) is 1.69. The Bertz CT molecular complexity index is 491. The minimum Gasteiger partial charge on any atom is -0.496 e. The first-order chi connectivity index (χ1) is 7.24. The molecule has 2 aromatic rings. The molecule has 0 saturated heterocycles. The van der Waals surface area contributed by atoms with E-state index >= 15 is 0 Å². The summed E-state index contributed by atoms with van der Waals surface area (Å²) in [7, 11) is 1.72. The highest BCUT2D eigenvalue weighted by atomic mass is 32.2. The molecule has 0 radical (unpaired) electrons. The lowest BCUT2D eigenvalue weighted by Gasteiger charge is -2.08. The maximum atomic E-state index is 5.35. The number of ether oxygens (including phenoxy) is 1. The summed E-state index contributed by atoms with van der Waals surface area (Å²) in [5, 5.41) is 2.51. The van der Waals surface area contributed by atoms with Gasteiger partial charge in [-0.3, -0.25) is 0 Å². The van der Waals surface area contributed by atoms with E-state index < -0.39 is 0 Å². The Balaban J connectivity index is 2.69. The lowest BCUT2D eigenvalue weighted by molar-refractivity contribution is 0.405. The molecular weight excluding hydrogens is 204 g/mol. The fraction of sp³-hybridized carbons (Fsp3) is 0.231. The summed E-state index contributed by atoms with van der Waals surface area (Å²) in [5.74, 6) is 0.957. The van der Waals surface area contributed by atoms with E-state index in [4.69, 9.17) is 4.74 Å². The molecule has 0 spiro atoms. The van der Waals surface area contributed by atoms with Crippen LogP contribution in [0.5, 0.6) is 5.75 Å². The van der Waals surface area contributed by atoms with Crippen molar-refractivity contribution in [2.45, 2.75) is 11.8 Å². The number of hydrogen-bond acceptors (Lipinski definition) is 2. The van der Waals surface area contributed by atoms with Gasteiger partial charge in [-0.2, -0.15) is 0 Å². The van der Waals surface area contributed by atoms with E-state index in [2.05, 4.69) is 43.5 Å². The molecule has 78 valence electrons. The van der Waals surface area contributed by atoms with E-state index in [1.165, 1.54) is 21.2 Å². The number of aryl methyl sites for hydroxylation is 1. The highest BCUT2D eigenvalue weighted by Crippen LogP contribution is 2.32. The maximum absolute atomic E-state index is 5.35. The van der Waals surface area contributed by atoms with E-state index in [1.54, 1.807) is 18.9 Å². The van der Waals surface area contributed by atoms with Crippen molar-refractivity contribution >= 4 is 22.5 Å². The monoisotopic (exact) mass is 218 g/mol. The highest BCUT2D eigenvalue weighted by molar-refractivity contribution is 7.98. The molecule has 0 aromatic heterocycles. The second kappa shape index (κ2) is 4.15. The molecule has 0 aliphatic heterocycles. The van der Waals surface area contributed by atoms with Crippen LogP contribution in [0.2, 0.25) is 0 Å². The fourth-order valence-corrected chi connectivity index (χ4v) is 2.28. The van der Waals surface area contributed by atoms with Crippen LogP contribution in [-0.4, -0.2) is 13.4 Å². The second-order valence-corrected chi connectivity index (χ2v) is 4.41. The van der Waals surface area contributed by atoms with Crippen molar-refractivity contribution in [1.82, 2.24) is 0 Å². The van der Waals surface area contributed by atoms with Crippen molar-refractivity contribution < 1.29 is 4.74 Å². The van der Waals surface area contributed by atoms with Gasteiger partial charge in [0, 0.05) is 4.90 Å². The van der Waals surface area contributed by atoms with Gasteiger partial charge < -0.3 is 4.74 Å². The SMILES string of the molecule is COc1cc2ccc(C)cc2cc1SC. The van der Waals surface area contributed by atoms with Gasteiger partial charge in [-0.05, 0) is 36.1 Å². The quantitative estimate of drug-likeness (QED) is 0.707. The summed E-state index contributed by atoms with van der Waals surface area (Å²) in [5.41, 5.74) is 1.29. The Morgan fingerprint density at radius 1 is 1.07 bits per heavy atom. The number of benzene rings is 2. The van der Waals surface area contributed by atoms with Crippen molar-refractivity contribution in [1.29, 1.82) is 0 Å². The average molecular weight is 218 g/mol. The number of rotatable bonds is 2. The minimum atomic E-state index is 0.957. The van der Waals surface area contributed by atoms with Gasteiger partial charge in [-0.1, -0.05) is 23.8 Å². The Morgan fingerprint density at radius 2 is 1.87 bits per heavy atom. The largest absolute Gasteiger partial charge is 0.496 e. The molecule has 2 rings (SSSR count). The summed E-state index contributed by atoms with van der Waals surface area (Å²) < 4.78 is 5.35. The standard InChI is InChI=1S/C13H14OS/c1-9-4-5-10-7-12(14-2)13(15-3)8-11(10)6-9/h4-8H,1-3H3. The first-order valence-electron chi connectivity index (χ1n) is 4.87. The Labute approximate surface area is 94.4 Å². The molecule has 0 aliphatic carbocycles. The summed E-state index contributed by atoms with van der Waals surface area (Å²) in [4.78, 5) is 1.19. The third-order valence-corrected chi connectivity index (χ3v) is 3.26. The second-order valence-electron chi connectivity index (χ2n) is 3.56. The molecule has 2 aromatic carbocycles. The first-order valence-corrected chi connectivity index (χ1v) is 6.09. The third-order valence-electron chi connectivity index (χ3n) is 2.50. The third kappa shape index (κ3) is 1.95. The van der Waals surface area contributed by atoms with E-state index in [0.29, 0.717) is 0 Å². The van der Waals surface area contributed by atoms with Crippen molar-refractivity contribution in [3.8, 4) is 5.75 Å². The van der Waals surface area contributed by atoms with Gasteiger partial charge in [0.15, 0.2) is 0 Å². The van der Waals surface area contributed by atoms with Crippen molar-refractivity contribution in [2.24, 2.45) is 0 Å². The van der Waals surface area contributed by atoms with E-state index in [1.807, 2.05) is 0 Å². The minimum absolute atomic E-state index is 0.957. The molecule has 0 amide bonds. The van der Waals surface area contributed by atoms with Crippen LogP contribution in [0.1, 0.15) is 5.56 Å². The lowest BCUT2D eigenvalue weighted by Crippen LogP contribution is -1.86. The molecule has 0 bridgehead atoms. The van der Waals surface area contributed by atoms with Gasteiger partial charge in [0.05, 0.1) is 7.11 Å². The predicted molar refractivity (Wildman–Crippen MR) is 67.0 cm³/mol. The van der Waals surface area contributed by atoms with Gasteiger partial charge in [0.25, 0.3) is 0 Å². The zero-order chi connectivity index (χ0) is 10.8. The first kappa shape index (κ1) is 10.4. The topological polar surface area (TPSA) is 9.23 Å². The van der Waals surface area contributed by atoms with E-state index in [-0.39, 0.29) is 0 Å². The number of fused-ring (bicyclic) bond motifs is 1. The van der Waals surface area contributed by atoms with Crippen LogP contribution in [0.25, 0.3) is 10.8 Å². The van der Waals surface area contributed by atoms with Crippen LogP contribution in [0, 0.1) is 6.92 Å². The highest BCUT2D eigenvalue weighted by Gasteiger charge is 2.04. The van der Waals surface area contributed by atoms with Crippen LogP contribution >= 0.6 is 11.8 Å². The summed E-state index contributed by atoms with van der Waals surface area (Å²) in [6.45, 7) is 2.11. The van der Waals surface area contributed by atoms with Crippen molar-refractivity contribution in [2.75, 3.05) is 13.4 Å². The van der Waals surface area contributed by atoms with Crippen LogP contribution in [0.15, 0.2) is 35.2 Å². The average Bonchev–Trinajstić information content (AvgIpc) is 2.27. The zero-order valence-electron chi connectivity index (χ0n) is 9.20. The Kier molecular flexibility index (Phi) is 2.87. The summed E-state index contributed by atoms with van der Waals surface area (Å²) >= 11 is 1.72. The lowest BCUT2D eigenvalue weighted by atomic mass is 10.1. The molecule has 2 heteroatoms. The molecule has 0 unspecified atom stereocenters. The van der Waals surface area contributed by atoms with E-state index in [9.17, 15) is 0 Å². The molecule has 0 heterocycles. The Morgan fingerprint density at radius 3 is 2.53 bits per heavy atom. The summed E-state index contributed by atoms with van der Waals surface area (Å²) in [6.07, 6.45) is 2.07. The maximum Gasteiger partial charge on any atom is 0.133 e. The number of thioether (sulfide) groups is 1. The zero-order valence-corrected chi connectivity index (χ0v) is 10.0. The number of methoxy groups -OCH3 is 1. The van der Waals surface area contributed by atoms with Crippen LogP contribution < -0.4 is 4.74 Å². The molecule has 0 N–H and O–H groups in total. The van der Waals surface area contributed by atoms with Crippen LogP contribution in [0.4, 0.5) is 0 Å². The van der Waals surface area contributed by atoms with Crippen molar-refractivity contribution in [3.05, 3.63) is 35.9 Å². The summed E-state index contributed by atoms with van der Waals surface area (Å²) in [6, 6.07) is 10.7. The van der Waals surface area contributed by atoms with Gasteiger partial charge >= 0.3 is 0 Å². The van der Waals surface area contributed by atoms with E-state index in [0.717, 1.165) is 5.75 Å². The normalized spacial score (nSPS) is 10.6. The molecule has 0 aliphatic rings. The molecular formula is C13H14OS. The molecule has 15 heavy (non-hydrogen) atoms. The van der Waals surface area contributed by atoms with Gasteiger partial charge in [0.2, 0.25) is 0 Å². The van der Waals surface area contributed by atoms with Crippen LogP contribution in [0.3, 0.4) is 0 Å². The smallest absolute Gasteiger partial charge is 0.133 e. The predicted octanol–water partition coefficient (Wildman–Crippen LogP) is 3.88. The molecule has 1 nitrogen and oxygen atoms in total.